The van der Waals surface area contributed by atoms with E-state index in [9.17, 15) is 14.4 Å². The van der Waals surface area contributed by atoms with E-state index in [1.54, 1.807) is 70.2 Å². The first-order chi connectivity index (χ1) is 15.7. The van der Waals surface area contributed by atoms with Gasteiger partial charge < -0.3 is 14.8 Å². The van der Waals surface area contributed by atoms with Crippen LogP contribution in [-0.2, 0) is 23.9 Å². The number of carbonyl (C=O) groups excluding carboxylic acids is 3. The van der Waals surface area contributed by atoms with E-state index >= 15 is 4.39 Å². The van der Waals surface area contributed by atoms with Crippen molar-refractivity contribution in [3.63, 3.8) is 0 Å². The molecule has 1 atom stereocenters. The van der Waals surface area contributed by atoms with Crippen LogP contribution in [-0.4, -0.2) is 43.1 Å². The van der Waals surface area contributed by atoms with E-state index < -0.39 is 29.3 Å². The van der Waals surface area contributed by atoms with Gasteiger partial charge in [0.05, 0.1) is 12.3 Å². The number of amides is 2. The zero-order valence-corrected chi connectivity index (χ0v) is 19.1. The third kappa shape index (κ3) is 5.22. The Bertz CT molecular complexity index is 1090. The van der Waals surface area contributed by atoms with E-state index in [0.29, 0.717) is 23.2 Å². The van der Waals surface area contributed by atoms with Gasteiger partial charge in [0.15, 0.2) is 6.04 Å². The molecule has 0 aliphatic carbocycles. The first-order valence-electron chi connectivity index (χ1n) is 10.6. The quantitative estimate of drug-likeness (QED) is 0.512. The topological polar surface area (TPSA) is 84.9 Å². The number of nitrogens with zero attached hydrogens (tertiary/aromatic N) is 1. The summed E-state index contributed by atoms with van der Waals surface area (Å²) in [6.45, 7) is 6.79. The Balaban J connectivity index is 2.36. The van der Waals surface area contributed by atoms with Crippen LogP contribution in [0.3, 0.4) is 0 Å². The number of anilines is 1. The lowest BCUT2D eigenvalue weighted by molar-refractivity contribution is -0.142. The summed E-state index contributed by atoms with van der Waals surface area (Å²) in [6, 6.07) is 11.7. The van der Waals surface area contributed by atoms with Crippen molar-refractivity contribution in [3.8, 4) is 0 Å². The van der Waals surface area contributed by atoms with E-state index in [4.69, 9.17) is 9.47 Å². The molecule has 1 N–H and O–H groups in total. The Hall–Kier alpha value is -3.68. The molecule has 8 heteroatoms. The standard InChI is InChI=1S/C25H27FN2O5/c1-5-32-20(30)14-28-19-13-9-7-11-17(19)21(16-10-6-8-12-18(16)26)23(33-25(2,3)4)22(24(28)31)27-15-29/h6-13,15,22H,5,14H2,1-4H3,(H,27,29). The Kier molecular flexibility index (Phi) is 7.16. The first-order valence-corrected chi connectivity index (χ1v) is 10.6. The van der Waals surface area contributed by atoms with E-state index in [2.05, 4.69) is 5.32 Å². The zero-order valence-electron chi connectivity index (χ0n) is 19.1. The highest BCUT2D eigenvalue weighted by atomic mass is 19.1. The second kappa shape index (κ2) is 9.85. The lowest BCUT2D eigenvalue weighted by Crippen LogP contribution is -2.49. The van der Waals surface area contributed by atoms with Gasteiger partial charge in [0, 0.05) is 16.7 Å². The first kappa shape index (κ1) is 24.0. The normalized spacial score (nSPS) is 16.1. The SMILES string of the molecule is CCOC(=O)CN1C(=O)C(NC=O)C(OC(C)(C)C)=C(c2ccccc2F)c2ccccc21. The molecular formula is C25H27FN2O5. The number of benzene rings is 2. The van der Waals surface area contributed by atoms with Crippen LogP contribution in [0, 0.1) is 5.82 Å². The number of para-hydroxylation sites is 1. The summed E-state index contributed by atoms with van der Waals surface area (Å²) >= 11 is 0. The van der Waals surface area contributed by atoms with Gasteiger partial charge in [0.25, 0.3) is 5.91 Å². The Labute approximate surface area is 192 Å². The number of halogens is 1. The second-order valence-corrected chi connectivity index (χ2v) is 8.40. The lowest BCUT2D eigenvalue weighted by Gasteiger charge is -2.30. The van der Waals surface area contributed by atoms with Gasteiger partial charge in [-0.3, -0.25) is 19.3 Å². The number of rotatable bonds is 7. The summed E-state index contributed by atoms with van der Waals surface area (Å²) in [6.07, 6.45) is 0.381. The second-order valence-electron chi connectivity index (χ2n) is 8.40. The van der Waals surface area contributed by atoms with Crippen molar-refractivity contribution >= 4 is 29.5 Å². The smallest absolute Gasteiger partial charge is 0.326 e. The molecular weight excluding hydrogens is 427 g/mol. The van der Waals surface area contributed by atoms with Crippen LogP contribution in [0.4, 0.5) is 10.1 Å². The molecule has 2 aromatic carbocycles. The van der Waals surface area contributed by atoms with Gasteiger partial charge in [-0.05, 0) is 39.8 Å². The van der Waals surface area contributed by atoms with E-state index in [0.717, 1.165) is 0 Å². The average molecular weight is 454 g/mol. The molecule has 0 spiro atoms. The van der Waals surface area contributed by atoms with Gasteiger partial charge >= 0.3 is 5.97 Å². The van der Waals surface area contributed by atoms with Crippen molar-refractivity contribution in [2.24, 2.45) is 0 Å². The molecule has 0 aromatic heterocycles. The van der Waals surface area contributed by atoms with Crippen molar-refractivity contribution in [1.82, 2.24) is 5.32 Å². The molecule has 174 valence electrons. The molecule has 1 heterocycles. The maximum atomic E-state index is 15.1. The summed E-state index contributed by atoms with van der Waals surface area (Å²) in [5.41, 5.74) is 0.597. The van der Waals surface area contributed by atoms with E-state index in [-0.39, 0.29) is 24.5 Å². The number of nitrogens with one attached hydrogen (secondary N) is 1. The van der Waals surface area contributed by atoms with Crippen LogP contribution < -0.4 is 10.2 Å². The predicted octanol–water partition coefficient (Wildman–Crippen LogP) is 3.42. The minimum absolute atomic E-state index is 0.0866. The van der Waals surface area contributed by atoms with Crippen molar-refractivity contribution in [2.75, 3.05) is 18.1 Å². The predicted molar refractivity (Wildman–Crippen MR) is 122 cm³/mol. The van der Waals surface area contributed by atoms with Gasteiger partial charge in [-0.25, -0.2) is 4.39 Å². The zero-order chi connectivity index (χ0) is 24.2. The summed E-state index contributed by atoms with van der Waals surface area (Å²) in [5.74, 6) is -1.65. The van der Waals surface area contributed by atoms with Gasteiger partial charge in [0.1, 0.15) is 23.7 Å². The van der Waals surface area contributed by atoms with Crippen molar-refractivity contribution < 1.29 is 28.2 Å². The van der Waals surface area contributed by atoms with Gasteiger partial charge in [0.2, 0.25) is 6.41 Å². The monoisotopic (exact) mass is 454 g/mol. The third-order valence-electron chi connectivity index (χ3n) is 4.87. The molecule has 33 heavy (non-hydrogen) atoms. The average Bonchev–Trinajstić information content (AvgIpc) is 2.83. The van der Waals surface area contributed by atoms with Crippen LogP contribution in [0.25, 0.3) is 5.57 Å². The summed E-state index contributed by atoms with van der Waals surface area (Å²) in [5, 5.41) is 2.51. The number of carbonyl (C=O) groups is 3. The highest BCUT2D eigenvalue weighted by Crippen LogP contribution is 2.40. The molecule has 7 nitrogen and oxygen atoms in total. The van der Waals surface area contributed by atoms with Gasteiger partial charge in [-0.15, -0.1) is 0 Å². The molecule has 0 bridgehead atoms. The van der Waals surface area contributed by atoms with E-state index in [1.807, 2.05) is 0 Å². The molecule has 0 saturated heterocycles. The molecule has 3 rings (SSSR count). The number of hydrogen-bond donors (Lipinski definition) is 1. The fourth-order valence-electron chi connectivity index (χ4n) is 3.68. The molecule has 1 aliphatic heterocycles. The van der Waals surface area contributed by atoms with Crippen molar-refractivity contribution in [1.29, 1.82) is 0 Å². The maximum absolute atomic E-state index is 15.1. The van der Waals surface area contributed by atoms with Crippen molar-refractivity contribution in [2.45, 2.75) is 39.3 Å². The third-order valence-corrected chi connectivity index (χ3v) is 4.87. The fraction of sp³-hybridized carbons (Fsp3) is 0.320. The summed E-state index contributed by atoms with van der Waals surface area (Å²) in [4.78, 5) is 38.8. The molecule has 0 radical (unpaired) electrons. The lowest BCUT2D eigenvalue weighted by atomic mass is 9.93. The maximum Gasteiger partial charge on any atom is 0.326 e. The largest absolute Gasteiger partial charge is 0.489 e. The molecule has 2 amide bonds. The highest BCUT2D eigenvalue weighted by molar-refractivity contribution is 6.09. The summed E-state index contributed by atoms with van der Waals surface area (Å²) in [7, 11) is 0. The van der Waals surface area contributed by atoms with Gasteiger partial charge in [-0.2, -0.15) is 0 Å². The van der Waals surface area contributed by atoms with Crippen LogP contribution in [0.15, 0.2) is 54.3 Å². The van der Waals surface area contributed by atoms with Crippen LogP contribution in [0.5, 0.6) is 0 Å². The van der Waals surface area contributed by atoms with Crippen LogP contribution in [0.1, 0.15) is 38.8 Å². The van der Waals surface area contributed by atoms with E-state index in [1.165, 1.54) is 11.0 Å². The van der Waals surface area contributed by atoms with Gasteiger partial charge in [-0.1, -0.05) is 36.4 Å². The number of hydrogen-bond acceptors (Lipinski definition) is 5. The number of esters is 1. The molecule has 0 saturated carbocycles. The number of fused-ring (bicyclic) bond motifs is 1. The Morgan fingerprint density at radius 3 is 2.36 bits per heavy atom. The molecule has 1 unspecified atom stereocenters. The summed E-state index contributed by atoms with van der Waals surface area (Å²) < 4.78 is 26.3. The van der Waals surface area contributed by atoms with Crippen LogP contribution in [0.2, 0.25) is 0 Å². The van der Waals surface area contributed by atoms with Crippen molar-refractivity contribution in [3.05, 3.63) is 71.2 Å². The van der Waals surface area contributed by atoms with Crippen LogP contribution >= 0.6 is 0 Å². The fourth-order valence-corrected chi connectivity index (χ4v) is 3.68. The molecule has 0 fully saturated rings. The molecule has 1 aliphatic rings. The highest BCUT2D eigenvalue weighted by Gasteiger charge is 2.40. The number of ether oxygens (including phenoxy) is 2. The Morgan fingerprint density at radius 2 is 1.76 bits per heavy atom. The minimum Gasteiger partial charge on any atom is -0.489 e. The Morgan fingerprint density at radius 1 is 1.12 bits per heavy atom. The molecule has 2 aromatic rings. The minimum atomic E-state index is -1.29.